The van der Waals surface area contributed by atoms with Gasteiger partial charge >= 0.3 is 0 Å². The van der Waals surface area contributed by atoms with E-state index in [0.717, 1.165) is 11.3 Å². The predicted octanol–water partition coefficient (Wildman–Crippen LogP) is 5.32. The van der Waals surface area contributed by atoms with Gasteiger partial charge in [-0.2, -0.15) is 10.5 Å². The Bertz CT molecular complexity index is 1770. The van der Waals surface area contributed by atoms with Gasteiger partial charge in [-0.15, -0.1) is 0 Å². The lowest BCUT2D eigenvalue weighted by molar-refractivity contribution is -0.128. The third-order valence-corrected chi connectivity index (χ3v) is 7.99. The van der Waals surface area contributed by atoms with E-state index >= 15 is 4.39 Å². The van der Waals surface area contributed by atoms with Crippen LogP contribution < -0.4 is 10.6 Å². The van der Waals surface area contributed by atoms with Gasteiger partial charge in [0.05, 0.1) is 50.7 Å². The Morgan fingerprint density at radius 1 is 1.31 bits per heavy atom. The number of halogens is 3. The fourth-order valence-corrected chi connectivity index (χ4v) is 6.13. The maximum atomic E-state index is 16.3. The van der Waals surface area contributed by atoms with Crippen LogP contribution in [0.3, 0.4) is 0 Å². The lowest BCUT2D eigenvalue weighted by Crippen LogP contribution is -2.55. The molecule has 0 spiro atoms. The molecule has 2 aromatic carbocycles. The summed E-state index contributed by atoms with van der Waals surface area (Å²) in [6.07, 6.45) is 1.27. The van der Waals surface area contributed by atoms with E-state index in [0.29, 0.717) is 23.3 Å². The third kappa shape index (κ3) is 4.30. The minimum Gasteiger partial charge on any atom is -0.375 e. The molecule has 3 heterocycles. The molecule has 2 N–H and O–H groups in total. The van der Waals surface area contributed by atoms with Crippen LogP contribution in [0.2, 0.25) is 5.02 Å². The number of carbonyl (C=O) groups excluding carboxylic acids is 1. The average Bonchev–Trinajstić information content (AvgIpc) is 3.32. The normalized spacial score (nSPS) is 15.4. The zero-order valence-corrected chi connectivity index (χ0v) is 22.2. The number of piperazine rings is 1. The number of hydrogen-bond donors (Lipinski definition) is 1. The molecule has 0 bridgehead atoms. The highest BCUT2D eigenvalue weighted by molar-refractivity contribution is 7.22. The fourth-order valence-electron chi connectivity index (χ4n) is 5.08. The minimum atomic E-state index is -0.750. The van der Waals surface area contributed by atoms with E-state index in [-0.39, 0.29) is 68.0 Å². The van der Waals surface area contributed by atoms with Crippen molar-refractivity contribution < 1.29 is 13.6 Å². The Labute approximate surface area is 231 Å². The molecule has 1 aliphatic heterocycles. The van der Waals surface area contributed by atoms with Crippen molar-refractivity contribution in [3.63, 3.8) is 0 Å². The van der Waals surface area contributed by atoms with Crippen molar-refractivity contribution in [3.05, 3.63) is 58.8 Å². The van der Waals surface area contributed by atoms with Crippen molar-refractivity contribution in [2.45, 2.75) is 19.4 Å². The van der Waals surface area contributed by atoms with Crippen molar-refractivity contribution >= 4 is 60.8 Å². The number of amides is 1. The molecule has 0 saturated carbocycles. The number of thiazole rings is 1. The van der Waals surface area contributed by atoms with Crippen LogP contribution in [0.1, 0.15) is 17.7 Å². The van der Waals surface area contributed by atoms with Gasteiger partial charge in [0.25, 0.3) is 0 Å². The fraction of sp³-hybridized carbons (Fsp3) is 0.222. The topological polar surface area (TPSA) is 123 Å². The predicted molar refractivity (Wildman–Crippen MR) is 147 cm³/mol. The SMILES string of the molecule is C=CC(=O)N1CCN(c2c(C#N)c(C)nc3c(F)c(-c4ccc(F)c5sc(N)nc45)c(Cl)cc23)C[C@@H]1CC#N. The number of fused-ring (bicyclic) bond motifs is 2. The van der Waals surface area contributed by atoms with Crippen LogP contribution in [0.4, 0.5) is 19.6 Å². The van der Waals surface area contributed by atoms with Gasteiger partial charge < -0.3 is 15.5 Å². The Hall–Kier alpha value is -4.32. The molecule has 1 saturated heterocycles. The molecule has 12 heteroatoms. The van der Waals surface area contributed by atoms with Crippen molar-refractivity contribution in [2.75, 3.05) is 30.3 Å². The molecule has 1 amide bonds. The number of pyridine rings is 1. The van der Waals surface area contributed by atoms with Gasteiger partial charge in [-0.05, 0) is 31.2 Å². The van der Waals surface area contributed by atoms with E-state index in [2.05, 4.69) is 28.7 Å². The van der Waals surface area contributed by atoms with Gasteiger partial charge in [0.2, 0.25) is 5.91 Å². The van der Waals surface area contributed by atoms with Crippen LogP contribution in [-0.4, -0.2) is 46.5 Å². The Balaban J connectivity index is 1.72. The second-order valence-electron chi connectivity index (χ2n) is 9.00. The first-order chi connectivity index (χ1) is 18.7. The van der Waals surface area contributed by atoms with Crippen molar-refractivity contribution in [1.82, 2.24) is 14.9 Å². The van der Waals surface area contributed by atoms with E-state index in [1.807, 2.05) is 4.90 Å². The van der Waals surface area contributed by atoms with E-state index in [4.69, 9.17) is 17.3 Å². The molecule has 0 unspecified atom stereocenters. The molecule has 5 rings (SSSR count). The Morgan fingerprint density at radius 2 is 2.08 bits per heavy atom. The Morgan fingerprint density at radius 3 is 2.77 bits per heavy atom. The Kier molecular flexibility index (Phi) is 6.81. The van der Waals surface area contributed by atoms with Crippen LogP contribution in [-0.2, 0) is 4.79 Å². The first-order valence-electron chi connectivity index (χ1n) is 11.8. The first kappa shape index (κ1) is 26.3. The highest BCUT2D eigenvalue weighted by atomic mass is 35.5. The van der Waals surface area contributed by atoms with Gasteiger partial charge in [-0.1, -0.05) is 29.5 Å². The highest BCUT2D eigenvalue weighted by Gasteiger charge is 2.33. The second-order valence-corrected chi connectivity index (χ2v) is 10.4. The summed E-state index contributed by atoms with van der Waals surface area (Å²) in [5, 5.41) is 19.9. The summed E-state index contributed by atoms with van der Waals surface area (Å²) in [5.41, 5.74) is 7.19. The molecule has 1 atom stereocenters. The molecule has 1 fully saturated rings. The van der Waals surface area contributed by atoms with E-state index in [1.165, 1.54) is 24.3 Å². The minimum absolute atomic E-state index is 0.00854. The van der Waals surface area contributed by atoms with Gasteiger partial charge in [-0.25, -0.2) is 18.7 Å². The van der Waals surface area contributed by atoms with Crippen LogP contribution in [0.5, 0.6) is 0 Å². The number of rotatable bonds is 4. The molecule has 1 aliphatic rings. The summed E-state index contributed by atoms with van der Waals surface area (Å²) >= 11 is 7.62. The maximum absolute atomic E-state index is 16.3. The molecule has 0 radical (unpaired) electrons. The summed E-state index contributed by atoms with van der Waals surface area (Å²) in [5.74, 6) is -1.57. The number of nitrogen functional groups attached to an aromatic ring is 1. The number of nitrogens with two attached hydrogens (primary N) is 1. The number of benzene rings is 2. The number of nitrogens with zero attached hydrogens (tertiary/aromatic N) is 6. The molecular formula is C27H20ClF2N7OS. The molecule has 4 aromatic rings. The van der Waals surface area contributed by atoms with Crippen LogP contribution in [0.25, 0.3) is 32.2 Å². The quantitative estimate of drug-likeness (QED) is 0.333. The smallest absolute Gasteiger partial charge is 0.246 e. The van der Waals surface area contributed by atoms with E-state index in [1.54, 1.807) is 11.8 Å². The standard InChI is InChI=1S/C27H20ClF2N7OS/c1-3-20(38)37-9-8-36(12-14(37)6-7-31)25-16-10-18(28)21(22(30)23(16)34-13(2)17(25)11-32)15-4-5-19(29)26-24(15)35-27(33)39-26/h3-5,10,14H,1,6,8-9,12H2,2H3,(H2,33,35)/t14-/m0/s1. The summed E-state index contributed by atoms with van der Waals surface area (Å²) in [4.78, 5) is 24.4. The molecule has 196 valence electrons. The third-order valence-electron chi connectivity index (χ3n) is 6.80. The van der Waals surface area contributed by atoms with Crippen LogP contribution in [0.15, 0.2) is 30.9 Å². The van der Waals surface area contributed by atoms with Crippen molar-refractivity contribution in [2.24, 2.45) is 0 Å². The average molecular weight is 564 g/mol. The number of carbonyl (C=O) groups is 1. The van der Waals surface area contributed by atoms with E-state index < -0.39 is 17.7 Å². The highest BCUT2D eigenvalue weighted by Crippen LogP contribution is 2.43. The number of aryl methyl sites for hydroxylation is 1. The first-order valence-corrected chi connectivity index (χ1v) is 13.0. The van der Waals surface area contributed by atoms with Crippen molar-refractivity contribution in [3.8, 4) is 23.3 Å². The molecule has 2 aromatic heterocycles. The maximum Gasteiger partial charge on any atom is 0.246 e. The number of hydrogen-bond acceptors (Lipinski definition) is 8. The summed E-state index contributed by atoms with van der Waals surface area (Å²) in [6, 6.07) is 7.94. The summed E-state index contributed by atoms with van der Waals surface area (Å²) < 4.78 is 30.9. The second kappa shape index (κ2) is 10.1. The number of anilines is 2. The number of aromatic nitrogens is 2. The lowest BCUT2D eigenvalue weighted by Gasteiger charge is -2.42. The van der Waals surface area contributed by atoms with Crippen LogP contribution in [0, 0.1) is 41.2 Å². The lowest BCUT2D eigenvalue weighted by atomic mass is 9.97. The largest absolute Gasteiger partial charge is 0.375 e. The molecule has 39 heavy (non-hydrogen) atoms. The van der Waals surface area contributed by atoms with Crippen LogP contribution >= 0.6 is 22.9 Å². The summed E-state index contributed by atoms with van der Waals surface area (Å²) in [7, 11) is 0. The van der Waals surface area contributed by atoms with Gasteiger partial charge in [0.15, 0.2) is 10.9 Å². The zero-order valence-electron chi connectivity index (χ0n) is 20.6. The molecule has 0 aliphatic carbocycles. The number of nitriles is 2. The summed E-state index contributed by atoms with van der Waals surface area (Å²) in [6.45, 7) is 5.98. The van der Waals surface area contributed by atoms with E-state index in [9.17, 15) is 19.7 Å². The monoisotopic (exact) mass is 563 g/mol. The zero-order chi connectivity index (χ0) is 28.0. The molecular weight excluding hydrogens is 544 g/mol. The van der Waals surface area contributed by atoms with Gasteiger partial charge in [-0.3, -0.25) is 4.79 Å². The van der Waals surface area contributed by atoms with Crippen molar-refractivity contribution in [1.29, 1.82) is 10.5 Å². The molecule has 8 nitrogen and oxygen atoms in total. The van der Waals surface area contributed by atoms with Gasteiger partial charge in [0.1, 0.15) is 17.4 Å². The van der Waals surface area contributed by atoms with Gasteiger partial charge in [0, 0.05) is 36.1 Å².